The summed E-state index contributed by atoms with van der Waals surface area (Å²) < 4.78 is 28.8. The van der Waals surface area contributed by atoms with E-state index >= 15 is 0 Å². The first-order chi connectivity index (χ1) is 35.5. The zero-order valence-electron chi connectivity index (χ0n) is 43.9. The number of ether oxygens (including phenoxy) is 5. The Morgan fingerprint density at radius 1 is 0.733 bits per heavy atom. The molecule has 0 aromatic carbocycles. The number of fused-ring (bicyclic) bond motifs is 2. The molecule has 426 valence electrons. The molecular weight excluding hydrogens is 979 g/mol. The van der Waals surface area contributed by atoms with Gasteiger partial charge in [0.05, 0.1) is 80.6 Å². The maximum Gasteiger partial charge on any atom is 0.313 e. The quantitative estimate of drug-likeness (QED) is 0.139. The molecule has 3 aliphatic rings. The molecule has 21 nitrogen and oxygen atoms in total. The summed E-state index contributed by atoms with van der Waals surface area (Å²) in [7, 11) is 1.10. The zero-order chi connectivity index (χ0) is 55.8. The van der Waals surface area contributed by atoms with Crippen molar-refractivity contribution >= 4 is 17.8 Å². The number of hydrogen-bond donors (Lipinski definition) is 13. The van der Waals surface area contributed by atoms with Crippen LogP contribution in [0.3, 0.4) is 0 Å². The number of allylic oxidation sites excluding steroid dienone is 12. The molecular formula is C54H87N3O18. The van der Waals surface area contributed by atoms with E-state index in [1.165, 1.54) is 13.0 Å². The monoisotopic (exact) mass is 1070 g/mol. The fourth-order valence-corrected chi connectivity index (χ4v) is 9.19. The highest BCUT2D eigenvalue weighted by atomic mass is 16.7. The van der Waals surface area contributed by atoms with Crippen LogP contribution >= 0.6 is 0 Å². The highest BCUT2D eigenvalue weighted by Crippen LogP contribution is 2.38. The van der Waals surface area contributed by atoms with Gasteiger partial charge < -0.3 is 91.5 Å². The van der Waals surface area contributed by atoms with Crippen molar-refractivity contribution in [3.63, 3.8) is 0 Å². The Morgan fingerprint density at radius 2 is 1.33 bits per heavy atom. The topological polar surface area (TPSA) is 364 Å². The molecule has 3 aliphatic heterocycles. The second-order valence-electron chi connectivity index (χ2n) is 20.2. The van der Waals surface area contributed by atoms with E-state index in [1.807, 2.05) is 19.1 Å². The van der Waals surface area contributed by atoms with Gasteiger partial charge in [0.25, 0.3) is 0 Å². The van der Waals surface area contributed by atoms with Gasteiger partial charge in [-0.2, -0.15) is 0 Å². The van der Waals surface area contributed by atoms with Gasteiger partial charge >= 0.3 is 11.9 Å². The zero-order valence-corrected chi connectivity index (χ0v) is 43.9. The van der Waals surface area contributed by atoms with E-state index in [0.717, 1.165) is 7.11 Å². The van der Waals surface area contributed by atoms with Crippen molar-refractivity contribution in [3.8, 4) is 0 Å². The van der Waals surface area contributed by atoms with Crippen molar-refractivity contribution in [1.29, 1.82) is 0 Å². The van der Waals surface area contributed by atoms with Gasteiger partial charge in [-0.3, -0.25) is 14.4 Å². The number of carbonyl (C=O) groups excluding carboxylic acids is 3. The molecule has 0 aromatic rings. The van der Waals surface area contributed by atoms with Gasteiger partial charge in [0.1, 0.15) is 24.2 Å². The highest BCUT2D eigenvalue weighted by Gasteiger charge is 2.51. The van der Waals surface area contributed by atoms with Gasteiger partial charge in [-0.25, -0.2) is 0 Å². The van der Waals surface area contributed by atoms with Crippen LogP contribution in [0.2, 0.25) is 0 Å². The number of aliphatic hydroxyl groups is 10. The van der Waals surface area contributed by atoms with E-state index in [0.29, 0.717) is 19.4 Å². The van der Waals surface area contributed by atoms with E-state index in [1.54, 1.807) is 80.7 Å². The number of esters is 2. The standard InChI is InChI=1S/C54H87N3O18/c1-32-19-16-14-12-10-8-6-7-9-11-13-15-17-21-40(74-53-51(68)48(50(67)35(4)73-53)57-45(64)25-36(56)20-18-24-55)29-44-47(52(69)71-5)43(63)31-54(70,75-44)30-39(60)27-42(62)41(61)23-22-37(58)26-38(59)28-46(65)72-34(3)33(2)49(32)66/h6-17,19,21,32-44,47-51,53,58-63,66-68,70H,18,20,22-31,55-56H2,1-5H3,(H,57,64)/b7-6+,10-8+,11-9+,14-12+,15-13+,19-16+,21-17+/t32-,33-,34-,35+,36-,37+,38+,39-,40-,41+,42+,43-,44-,47+,48-,49+,50+,51-,53-,54+/m0/s1. The lowest BCUT2D eigenvalue weighted by atomic mass is 9.82. The predicted octanol–water partition coefficient (Wildman–Crippen LogP) is 0.414. The van der Waals surface area contributed by atoms with Crippen molar-refractivity contribution in [2.24, 2.45) is 29.2 Å². The first-order valence-electron chi connectivity index (χ1n) is 26.0. The fourth-order valence-electron chi connectivity index (χ4n) is 9.19. The minimum atomic E-state index is -2.33. The number of nitrogens with one attached hydrogen (secondary N) is 1. The molecule has 0 aliphatic carbocycles. The molecule has 0 spiro atoms. The Kier molecular flexibility index (Phi) is 29.0. The number of cyclic esters (lactones) is 1. The van der Waals surface area contributed by atoms with Gasteiger partial charge in [0.15, 0.2) is 12.1 Å². The summed E-state index contributed by atoms with van der Waals surface area (Å²) >= 11 is 0. The molecule has 0 unspecified atom stereocenters. The van der Waals surface area contributed by atoms with E-state index < -0.39 is 159 Å². The molecule has 0 saturated carbocycles. The number of methoxy groups -OCH3 is 1. The largest absolute Gasteiger partial charge is 0.469 e. The summed E-state index contributed by atoms with van der Waals surface area (Å²) in [4.78, 5) is 39.0. The minimum absolute atomic E-state index is 0.110. The summed E-state index contributed by atoms with van der Waals surface area (Å²) in [6.07, 6.45) is 3.94. The summed E-state index contributed by atoms with van der Waals surface area (Å²) in [5.41, 5.74) is 11.7. The molecule has 2 fully saturated rings. The lowest BCUT2D eigenvalue weighted by Gasteiger charge is -2.46. The highest BCUT2D eigenvalue weighted by molar-refractivity contribution is 5.77. The number of nitrogens with two attached hydrogens (primary N) is 2. The van der Waals surface area contributed by atoms with Crippen LogP contribution in [0.5, 0.6) is 0 Å². The van der Waals surface area contributed by atoms with Crippen LogP contribution in [0.4, 0.5) is 0 Å². The SMILES string of the molecule is COC(=O)[C@H]1[C@@H]2C[C@@H](O[C@@H]3O[C@H](C)[C@@H](O)[C@H](NC(=O)C[C@@H](N)CCCN)[C@@H]3O)/C=C/C=C/C=C/C=C/C=C/C=C/C=C/[C@H](C)[C@@H](O)[C@@H](C)[C@H](C)OC(=O)C[C@H](O)C[C@H](O)CC[C@@H](O)[C@H](O)C[C@H](O)C[C@](O)(C[C@@H]1O)O2. The molecule has 1 amide bonds. The molecule has 2 saturated heterocycles. The minimum Gasteiger partial charge on any atom is -0.469 e. The lowest BCUT2D eigenvalue weighted by molar-refractivity contribution is -0.309. The maximum atomic E-state index is 13.3. The molecule has 20 atom stereocenters. The normalized spacial score (nSPS) is 41.3. The summed E-state index contributed by atoms with van der Waals surface area (Å²) in [5, 5.41) is 113. The first-order valence-corrected chi connectivity index (χ1v) is 26.0. The Bertz CT molecular complexity index is 1930. The molecule has 15 N–H and O–H groups in total. The molecule has 75 heavy (non-hydrogen) atoms. The Balaban J connectivity index is 1.94. The predicted molar refractivity (Wildman–Crippen MR) is 276 cm³/mol. The Morgan fingerprint density at radius 3 is 1.93 bits per heavy atom. The molecule has 0 aromatic heterocycles. The Hall–Kier alpha value is -4.01. The summed E-state index contributed by atoms with van der Waals surface area (Å²) in [5.74, 6) is -6.67. The Labute approximate surface area is 440 Å². The van der Waals surface area contributed by atoms with Crippen LogP contribution in [-0.4, -0.2) is 186 Å². The average molecular weight is 1070 g/mol. The van der Waals surface area contributed by atoms with Crippen LogP contribution < -0.4 is 16.8 Å². The van der Waals surface area contributed by atoms with Crippen LogP contribution in [-0.2, 0) is 38.1 Å². The van der Waals surface area contributed by atoms with E-state index in [-0.39, 0.29) is 38.0 Å². The van der Waals surface area contributed by atoms with Gasteiger partial charge in [-0.1, -0.05) is 98.9 Å². The number of hydrogen-bond acceptors (Lipinski definition) is 20. The van der Waals surface area contributed by atoms with Crippen molar-refractivity contribution in [2.75, 3.05) is 13.7 Å². The van der Waals surface area contributed by atoms with E-state index in [4.69, 9.17) is 35.2 Å². The summed E-state index contributed by atoms with van der Waals surface area (Å²) in [6, 6.07) is -1.80. The molecule has 3 heterocycles. The number of carbonyl (C=O) groups is 3. The molecule has 3 rings (SSSR count). The van der Waals surface area contributed by atoms with Crippen molar-refractivity contribution in [3.05, 3.63) is 85.1 Å². The van der Waals surface area contributed by atoms with Gasteiger partial charge in [0, 0.05) is 50.0 Å². The number of aliphatic hydroxyl groups excluding tert-OH is 9. The summed E-state index contributed by atoms with van der Waals surface area (Å²) in [6.45, 7) is 7.11. The van der Waals surface area contributed by atoms with Crippen molar-refractivity contribution < 1.29 is 89.1 Å². The van der Waals surface area contributed by atoms with Gasteiger partial charge in [0.2, 0.25) is 5.91 Å². The molecule has 2 bridgehead atoms. The van der Waals surface area contributed by atoms with Crippen molar-refractivity contribution in [2.45, 2.75) is 202 Å². The van der Waals surface area contributed by atoms with Crippen LogP contribution in [0.15, 0.2) is 85.1 Å². The van der Waals surface area contributed by atoms with E-state index in [9.17, 15) is 65.4 Å². The van der Waals surface area contributed by atoms with Crippen LogP contribution in [0, 0.1) is 17.8 Å². The average Bonchev–Trinajstić information content (AvgIpc) is 3.33. The third-order valence-electron chi connectivity index (χ3n) is 13.7. The molecule has 21 heteroatoms. The third-order valence-corrected chi connectivity index (χ3v) is 13.7. The third kappa shape index (κ3) is 22.9. The smallest absolute Gasteiger partial charge is 0.313 e. The van der Waals surface area contributed by atoms with Crippen molar-refractivity contribution in [1.82, 2.24) is 5.32 Å². The van der Waals surface area contributed by atoms with Crippen LogP contribution in [0.25, 0.3) is 0 Å². The maximum absolute atomic E-state index is 13.3. The fraction of sp³-hybridized carbons (Fsp3) is 0.685. The van der Waals surface area contributed by atoms with Gasteiger partial charge in [-0.15, -0.1) is 0 Å². The lowest BCUT2D eigenvalue weighted by Crippen LogP contribution is -2.64. The second kappa shape index (κ2) is 33.3. The van der Waals surface area contributed by atoms with Gasteiger partial charge in [-0.05, 0) is 52.5 Å². The number of rotatable bonds is 9. The molecule has 0 radical (unpaired) electrons. The van der Waals surface area contributed by atoms with E-state index in [2.05, 4.69) is 5.32 Å². The first kappa shape index (κ1) is 65.3. The second-order valence-corrected chi connectivity index (χ2v) is 20.2. The number of amides is 1. The van der Waals surface area contributed by atoms with Crippen LogP contribution in [0.1, 0.15) is 98.3 Å².